The van der Waals surface area contributed by atoms with Gasteiger partial charge in [0.2, 0.25) is 0 Å². The fraction of sp³-hybridized carbons (Fsp3) is 0.0400. The molecule has 0 aliphatic carbocycles. The van der Waals surface area contributed by atoms with Crippen LogP contribution in [0.15, 0.2) is 180 Å². The third-order valence-electron chi connectivity index (χ3n) is 10.6. The number of hydrogen-bond acceptors (Lipinski definition) is 2. The fourth-order valence-corrected chi connectivity index (χ4v) is 8.02. The highest BCUT2D eigenvalue weighted by Crippen LogP contribution is 2.48. The van der Waals surface area contributed by atoms with Gasteiger partial charge in [0.15, 0.2) is 0 Å². The predicted octanol–water partition coefficient (Wildman–Crippen LogP) is 14.5. The molecule has 2 nitrogen and oxygen atoms in total. The molecule has 246 valence electrons. The maximum Gasteiger partial charge on any atom is 0.143 e. The average molecular weight is 666 g/mol. The summed E-state index contributed by atoms with van der Waals surface area (Å²) in [7, 11) is 0. The summed E-state index contributed by atoms with van der Waals surface area (Å²) in [5.74, 6) is 0. The number of fused-ring (bicyclic) bond motifs is 6. The number of furan rings is 1. The highest BCUT2D eigenvalue weighted by molar-refractivity contribution is 6.26. The molecular weight excluding hydrogens is 631 g/mol. The summed E-state index contributed by atoms with van der Waals surface area (Å²) in [6.45, 7) is 4.27. The molecule has 0 saturated carbocycles. The number of para-hydroxylation sites is 2. The van der Waals surface area contributed by atoms with Crippen LogP contribution in [0.3, 0.4) is 0 Å². The first-order chi connectivity index (χ1) is 25.6. The molecule has 0 radical (unpaired) electrons. The van der Waals surface area contributed by atoms with E-state index in [1.807, 2.05) is 6.07 Å². The Hall–Kier alpha value is -6.64. The first-order valence-corrected chi connectivity index (χ1v) is 17.9. The van der Waals surface area contributed by atoms with E-state index in [4.69, 9.17) is 4.42 Å². The van der Waals surface area contributed by atoms with E-state index in [2.05, 4.69) is 189 Å². The smallest absolute Gasteiger partial charge is 0.143 e. The number of hydrogen-bond donors (Lipinski definition) is 0. The lowest BCUT2D eigenvalue weighted by Crippen LogP contribution is -2.09. The van der Waals surface area contributed by atoms with Crippen molar-refractivity contribution in [3.63, 3.8) is 0 Å². The van der Waals surface area contributed by atoms with Gasteiger partial charge in [0, 0.05) is 39.0 Å². The van der Waals surface area contributed by atoms with Crippen molar-refractivity contribution >= 4 is 71.3 Å². The van der Waals surface area contributed by atoms with Crippen LogP contribution in [-0.2, 0) is 0 Å². The van der Waals surface area contributed by atoms with Gasteiger partial charge < -0.3 is 9.32 Å². The molecule has 10 aromatic rings. The molecule has 1 heterocycles. The normalized spacial score (nSPS) is 11.7. The topological polar surface area (TPSA) is 16.4 Å². The van der Waals surface area contributed by atoms with E-state index in [9.17, 15) is 0 Å². The zero-order valence-electron chi connectivity index (χ0n) is 29.1. The van der Waals surface area contributed by atoms with E-state index in [0.29, 0.717) is 0 Å². The predicted molar refractivity (Wildman–Crippen MR) is 221 cm³/mol. The molecule has 10 rings (SSSR count). The van der Waals surface area contributed by atoms with Crippen molar-refractivity contribution in [3.05, 3.63) is 187 Å². The van der Waals surface area contributed by atoms with E-state index < -0.39 is 0 Å². The minimum Gasteiger partial charge on any atom is -0.455 e. The van der Waals surface area contributed by atoms with Crippen LogP contribution >= 0.6 is 0 Å². The summed E-state index contributed by atoms with van der Waals surface area (Å²) in [5, 5.41) is 9.58. The van der Waals surface area contributed by atoms with Crippen molar-refractivity contribution in [1.82, 2.24) is 0 Å². The lowest BCUT2D eigenvalue weighted by molar-refractivity contribution is 0.670. The zero-order valence-corrected chi connectivity index (χ0v) is 29.1. The highest BCUT2D eigenvalue weighted by Gasteiger charge is 2.21. The Labute approximate surface area is 302 Å². The standard InChI is InChI=1S/C50H35NO/c1-32-18-24-37(25-19-32)51(38-26-20-33(2)21-27-38)39-28-22-34(23-29-39)48-41-13-5-6-14-42(41)49(46-31-36-11-4-3-10-35(36)30-45(46)48)44-16-9-15-43-40-12-7-8-17-47(40)52-50(43)44/h3-31H,1-2H3. The first kappa shape index (κ1) is 30.2. The Morgan fingerprint density at radius 2 is 0.865 bits per heavy atom. The van der Waals surface area contributed by atoms with Crippen LogP contribution < -0.4 is 4.90 Å². The monoisotopic (exact) mass is 665 g/mol. The summed E-state index contributed by atoms with van der Waals surface area (Å²) in [6, 6.07) is 63.9. The number of rotatable bonds is 5. The molecule has 0 atom stereocenters. The van der Waals surface area contributed by atoms with Gasteiger partial charge in [-0.15, -0.1) is 0 Å². The fourth-order valence-electron chi connectivity index (χ4n) is 8.02. The van der Waals surface area contributed by atoms with Crippen LogP contribution in [0.2, 0.25) is 0 Å². The quantitative estimate of drug-likeness (QED) is 0.170. The highest BCUT2D eigenvalue weighted by atomic mass is 16.3. The van der Waals surface area contributed by atoms with Gasteiger partial charge in [-0.3, -0.25) is 0 Å². The largest absolute Gasteiger partial charge is 0.455 e. The molecule has 9 aromatic carbocycles. The van der Waals surface area contributed by atoms with Gasteiger partial charge in [0.25, 0.3) is 0 Å². The number of anilines is 3. The lowest BCUT2D eigenvalue weighted by atomic mass is 9.84. The average Bonchev–Trinajstić information content (AvgIpc) is 3.57. The van der Waals surface area contributed by atoms with E-state index in [0.717, 1.165) is 44.6 Å². The van der Waals surface area contributed by atoms with Crippen molar-refractivity contribution in [2.75, 3.05) is 4.90 Å². The third-order valence-corrected chi connectivity index (χ3v) is 10.6. The molecular formula is C50H35NO. The molecule has 0 fully saturated rings. The van der Waals surface area contributed by atoms with Gasteiger partial charge in [0.1, 0.15) is 11.2 Å². The molecule has 2 heteroatoms. The second-order valence-corrected chi connectivity index (χ2v) is 13.9. The summed E-state index contributed by atoms with van der Waals surface area (Å²) < 4.78 is 6.66. The third kappa shape index (κ3) is 4.87. The second kappa shape index (κ2) is 12.0. The lowest BCUT2D eigenvalue weighted by Gasteiger charge is -2.26. The van der Waals surface area contributed by atoms with Gasteiger partial charge in [-0.05, 0) is 112 Å². The maximum atomic E-state index is 6.66. The van der Waals surface area contributed by atoms with Crippen LogP contribution in [0.25, 0.3) is 76.5 Å². The van der Waals surface area contributed by atoms with E-state index in [1.54, 1.807) is 0 Å². The van der Waals surface area contributed by atoms with Crippen LogP contribution in [0, 0.1) is 13.8 Å². The van der Waals surface area contributed by atoms with Gasteiger partial charge in [-0.2, -0.15) is 0 Å². The SMILES string of the molecule is Cc1ccc(N(c2ccc(C)cc2)c2ccc(-c3c4ccccc4c(-c4cccc5c4oc4ccccc45)c4cc5ccccc5cc34)cc2)cc1. The Bertz CT molecular complexity index is 2910. The van der Waals surface area contributed by atoms with E-state index in [-0.39, 0.29) is 0 Å². The Morgan fingerprint density at radius 1 is 0.385 bits per heavy atom. The van der Waals surface area contributed by atoms with Crippen molar-refractivity contribution in [2.24, 2.45) is 0 Å². The first-order valence-electron chi connectivity index (χ1n) is 17.9. The Balaban J connectivity index is 1.23. The molecule has 0 amide bonds. The summed E-state index contributed by atoms with van der Waals surface area (Å²) in [4.78, 5) is 2.34. The Morgan fingerprint density at radius 3 is 1.48 bits per heavy atom. The van der Waals surface area contributed by atoms with Crippen LogP contribution in [0.5, 0.6) is 0 Å². The summed E-state index contributed by atoms with van der Waals surface area (Å²) >= 11 is 0. The number of nitrogens with zero attached hydrogens (tertiary/aromatic N) is 1. The Kier molecular flexibility index (Phi) is 6.97. The zero-order chi connectivity index (χ0) is 34.8. The van der Waals surface area contributed by atoms with E-state index in [1.165, 1.54) is 60.1 Å². The number of benzene rings is 9. The van der Waals surface area contributed by atoms with Gasteiger partial charge in [-0.25, -0.2) is 0 Å². The van der Waals surface area contributed by atoms with Crippen LogP contribution in [-0.4, -0.2) is 0 Å². The molecule has 0 spiro atoms. The molecule has 0 N–H and O–H groups in total. The van der Waals surface area contributed by atoms with Crippen molar-refractivity contribution in [1.29, 1.82) is 0 Å². The maximum absolute atomic E-state index is 6.66. The molecule has 0 bridgehead atoms. The molecule has 0 unspecified atom stereocenters. The summed E-state index contributed by atoms with van der Waals surface area (Å²) in [6.07, 6.45) is 0. The molecule has 52 heavy (non-hydrogen) atoms. The molecule has 0 aliphatic rings. The van der Waals surface area contributed by atoms with Crippen molar-refractivity contribution in [2.45, 2.75) is 13.8 Å². The number of aryl methyl sites for hydroxylation is 2. The van der Waals surface area contributed by atoms with Crippen LogP contribution in [0.1, 0.15) is 11.1 Å². The minimum atomic E-state index is 0.908. The van der Waals surface area contributed by atoms with E-state index >= 15 is 0 Å². The summed E-state index contributed by atoms with van der Waals surface area (Å²) in [5.41, 5.74) is 12.4. The molecule has 0 saturated heterocycles. The van der Waals surface area contributed by atoms with Crippen LogP contribution in [0.4, 0.5) is 17.1 Å². The van der Waals surface area contributed by atoms with Crippen molar-refractivity contribution < 1.29 is 4.42 Å². The van der Waals surface area contributed by atoms with Gasteiger partial charge in [-0.1, -0.05) is 132 Å². The van der Waals surface area contributed by atoms with Gasteiger partial charge >= 0.3 is 0 Å². The molecule has 0 aliphatic heterocycles. The molecule has 1 aromatic heterocycles. The van der Waals surface area contributed by atoms with Crippen molar-refractivity contribution in [3.8, 4) is 22.3 Å². The minimum absolute atomic E-state index is 0.908. The second-order valence-electron chi connectivity index (χ2n) is 13.9. The van der Waals surface area contributed by atoms with Gasteiger partial charge in [0.05, 0.1) is 0 Å².